The van der Waals surface area contributed by atoms with Gasteiger partial charge < -0.3 is 5.32 Å². The summed E-state index contributed by atoms with van der Waals surface area (Å²) in [5.41, 5.74) is 2.30. The van der Waals surface area contributed by atoms with Crippen molar-refractivity contribution in [2.45, 2.75) is 25.3 Å². The van der Waals surface area contributed by atoms with Crippen molar-refractivity contribution < 1.29 is 22.0 Å². The molecule has 0 saturated carbocycles. The Labute approximate surface area is 192 Å². The van der Waals surface area contributed by atoms with Crippen LogP contribution in [0.1, 0.15) is 29.8 Å². The molecule has 3 rings (SSSR count). The summed E-state index contributed by atoms with van der Waals surface area (Å²) >= 11 is 0. The third-order valence-electron chi connectivity index (χ3n) is 5.11. The first-order chi connectivity index (χ1) is 15.7. The van der Waals surface area contributed by atoms with Gasteiger partial charge in [-0.1, -0.05) is 26.0 Å². The molecular weight excluding hydrogens is 448 g/mol. The van der Waals surface area contributed by atoms with Gasteiger partial charge in [0.05, 0.1) is 4.90 Å². The smallest absolute Gasteiger partial charge is 0.261 e. The molecule has 0 saturated heterocycles. The molecule has 2 N–H and O–H groups in total. The Bertz CT molecular complexity index is 1210. The molecule has 1 amide bonds. The number of nitrogens with one attached hydrogen (secondary N) is 2. The van der Waals surface area contributed by atoms with Crippen LogP contribution in [-0.2, 0) is 16.6 Å². The van der Waals surface area contributed by atoms with Gasteiger partial charge in [-0.15, -0.1) is 0 Å². The topological polar surface area (TPSA) is 78.5 Å². The maximum absolute atomic E-state index is 13.4. The molecule has 0 spiro atoms. The van der Waals surface area contributed by atoms with E-state index in [1.54, 1.807) is 12.1 Å². The van der Waals surface area contributed by atoms with Crippen molar-refractivity contribution in [2.24, 2.45) is 0 Å². The summed E-state index contributed by atoms with van der Waals surface area (Å²) < 4.78 is 53.5. The lowest BCUT2D eigenvalue weighted by molar-refractivity contribution is 0.102. The first-order valence-electron chi connectivity index (χ1n) is 10.4. The Morgan fingerprint density at radius 3 is 2.03 bits per heavy atom. The van der Waals surface area contributed by atoms with Crippen LogP contribution < -0.4 is 10.0 Å². The van der Waals surface area contributed by atoms with E-state index in [4.69, 9.17) is 0 Å². The molecule has 0 heterocycles. The Morgan fingerprint density at radius 1 is 0.848 bits per heavy atom. The second-order valence-electron chi connectivity index (χ2n) is 7.37. The highest BCUT2D eigenvalue weighted by Gasteiger charge is 2.17. The SMILES string of the molecule is CCN(CC)Cc1ccc(C(=O)Nc2ccc(NS(=O)(=O)c3ccc(F)c(F)c3)cc2)cc1. The average Bonchev–Trinajstić information content (AvgIpc) is 2.80. The fourth-order valence-corrected chi connectivity index (χ4v) is 4.22. The highest BCUT2D eigenvalue weighted by molar-refractivity contribution is 7.92. The molecule has 3 aromatic rings. The molecule has 6 nitrogen and oxygen atoms in total. The third-order valence-corrected chi connectivity index (χ3v) is 6.49. The van der Waals surface area contributed by atoms with Crippen LogP contribution in [0.25, 0.3) is 0 Å². The molecule has 0 aromatic heterocycles. The summed E-state index contributed by atoms with van der Waals surface area (Å²) in [6.45, 7) is 6.92. The number of amides is 1. The van der Waals surface area contributed by atoms with Crippen LogP contribution in [0, 0.1) is 11.6 Å². The molecule has 0 aliphatic heterocycles. The number of halogens is 2. The van der Waals surface area contributed by atoms with Crippen LogP contribution in [0.2, 0.25) is 0 Å². The van der Waals surface area contributed by atoms with Gasteiger partial charge in [-0.2, -0.15) is 0 Å². The molecule has 9 heteroatoms. The lowest BCUT2D eigenvalue weighted by Gasteiger charge is -2.18. The van der Waals surface area contributed by atoms with Crippen molar-refractivity contribution in [2.75, 3.05) is 23.1 Å². The van der Waals surface area contributed by atoms with E-state index in [1.807, 2.05) is 12.1 Å². The van der Waals surface area contributed by atoms with E-state index in [-0.39, 0.29) is 11.6 Å². The maximum atomic E-state index is 13.4. The second kappa shape index (κ2) is 10.5. The van der Waals surface area contributed by atoms with Crippen molar-refractivity contribution in [3.63, 3.8) is 0 Å². The number of hydrogen-bond donors (Lipinski definition) is 2. The molecule has 33 heavy (non-hydrogen) atoms. The Hall–Kier alpha value is -3.30. The number of anilines is 2. The highest BCUT2D eigenvalue weighted by Crippen LogP contribution is 2.20. The number of rotatable bonds is 9. The predicted molar refractivity (Wildman–Crippen MR) is 125 cm³/mol. The minimum atomic E-state index is -4.10. The van der Waals surface area contributed by atoms with Gasteiger partial charge in [-0.05, 0) is 73.3 Å². The van der Waals surface area contributed by atoms with E-state index in [2.05, 4.69) is 28.8 Å². The van der Waals surface area contributed by atoms with Gasteiger partial charge in [0.25, 0.3) is 15.9 Å². The van der Waals surface area contributed by atoms with E-state index >= 15 is 0 Å². The standard InChI is InChI=1S/C24H25F2N3O3S/c1-3-29(4-2)16-17-5-7-18(8-6-17)24(30)27-19-9-11-20(12-10-19)28-33(31,32)21-13-14-22(25)23(26)15-21/h5-15,28H,3-4,16H2,1-2H3,(H,27,30). The zero-order valence-corrected chi connectivity index (χ0v) is 19.1. The van der Waals surface area contributed by atoms with Gasteiger partial charge in [-0.3, -0.25) is 14.4 Å². The normalized spacial score (nSPS) is 11.4. The lowest BCUT2D eigenvalue weighted by atomic mass is 10.1. The number of carbonyl (C=O) groups excluding carboxylic acids is 1. The van der Waals surface area contributed by atoms with Gasteiger partial charge in [0.1, 0.15) is 0 Å². The van der Waals surface area contributed by atoms with Crippen LogP contribution in [0.4, 0.5) is 20.2 Å². The number of sulfonamides is 1. The lowest BCUT2D eigenvalue weighted by Crippen LogP contribution is -2.22. The van der Waals surface area contributed by atoms with Crippen molar-refractivity contribution in [1.29, 1.82) is 0 Å². The predicted octanol–water partition coefficient (Wildman–Crippen LogP) is 4.86. The molecule has 0 bridgehead atoms. The molecule has 3 aromatic carbocycles. The van der Waals surface area contributed by atoms with Crippen LogP contribution in [-0.4, -0.2) is 32.3 Å². The number of nitrogens with zero attached hydrogens (tertiary/aromatic N) is 1. The van der Waals surface area contributed by atoms with E-state index < -0.39 is 26.6 Å². The zero-order chi connectivity index (χ0) is 24.0. The molecule has 0 unspecified atom stereocenters. The van der Waals surface area contributed by atoms with Crippen molar-refractivity contribution in [3.05, 3.63) is 89.5 Å². The second-order valence-corrected chi connectivity index (χ2v) is 9.05. The van der Waals surface area contributed by atoms with Crippen LogP contribution in [0.5, 0.6) is 0 Å². The van der Waals surface area contributed by atoms with E-state index in [0.29, 0.717) is 17.3 Å². The first-order valence-corrected chi connectivity index (χ1v) is 11.9. The molecular formula is C24H25F2N3O3S. The van der Waals surface area contributed by atoms with Crippen LogP contribution >= 0.6 is 0 Å². The van der Waals surface area contributed by atoms with Crippen LogP contribution in [0.3, 0.4) is 0 Å². The van der Waals surface area contributed by atoms with Crippen LogP contribution in [0.15, 0.2) is 71.6 Å². The largest absolute Gasteiger partial charge is 0.322 e. The number of carbonyl (C=O) groups is 1. The minimum Gasteiger partial charge on any atom is -0.322 e. The zero-order valence-electron chi connectivity index (χ0n) is 18.3. The summed E-state index contributed by atoms with van der Waals surface area (Å²) in [6, 6.07) is 15.7. The van der Waals surface area contributed by atoms with Gasteiger partial charge in [0.2, 0.25) is 0 Å². The van der Waals surface area contributed by atoms with Gasteiger partial charge in [-0.25, -0.2) is 17.2 Å². The quantitative estimate of drug-likeness (QED) is 0.465. The Morgan fingerprint density at radius 2 is 1.45 bits per heavy atom. The fraction of sp³-hybridized carbons (Fsp3) is 0.208. The third kappa shape index (κ3) is 6.36. The van der Waals surface area contributed by atoms with E-state index in [9.17, 15) is 22.0 Å². The van der Waals surface area contributed by atoms with E-state index in [1.165, 1.54) is 24.3 Å². The van der Waals surface area contributed by atoms with Crippen molar-refractivity contribution in [1.82, 2.24) is 4.90 Å². The highest BCUT2D eigenvalue weighted by atomic mass is 32.2. The molecule has 0 aliphatic rings. The average molecular weight is 474 g/mol. The Kier molecular flexibility index (Phi) is 7.78. The van der Waals surface area contributed by atoms with Gasteiger partial charge in [0.15, 0.2) is 11.6 Å². The minimum absolute atomic E-state index is 0.207. The summed E-state index contributed by atoms with van der Waals surface area (Å²) in [5, 5.41) is 2.76. The summed E-state index contributed by atoms with van der Waals surface area (Å²) in [4.78, 5) is 14.4. The maximum Gasteiger partial charge on any atom is 0.261 e. The molecule has 0 fully saturated rings. The summed E-state index contributed by atoms with van der Waals surface area (Å²) in [6.07, 6.45) is 0. The number of hydrogen-bond acceptors (Lipinski definition) is 4. The number of benzene rings is 3. The summed E-state index contributed by atoms with van der Waals surface area (Å²) in [7, 11) is -4.10. The van der Waals surface area contributed by atoms with E-state index in [0.717, 1.165) is 37.3 Å². The molecule has 0 aliphatic carbocycles. The van der Waals surface area contributed by atoms with Crippen molar-refractivity contribution in [3.8, 4) is 0 Å². The van der Waals surface area contributed by atoms with Gasteiger partial charge >= 0.3 is 0 Å². The molecule has 0 radical (unpaired) electrons. The first kappa shape index (κ1) is 24.3. The molecule has 0 atom stereocenters. The Balaban J connectivity index is 1.63. The fourth-order valence-electron chi connectivity index (χ4n) is 3.15. The summed E-state index contributed by atoms with van der Waals surface area (Å²) in [5.74, 6) is -2.68. The van der Waals surface area contributed by atoms with Crippen molar-refractivity contribution >= 4 is 27.3 Å². The monoisotopic (exact) mass is 473 g/mol. The molecule has 174 valence electrons. The van der Waals surface area contributed by atoms with Gasteiger partial charge in [0, 0.05) is 23.5 Å².